The Bertz CT molecular complexity index is 881. The van der Waals surface area contributed by atoms with Gasteiger partial charge in [-0.05, 0) is 23.8 Å². The van der Waals surface area contributed by atoms with E-state index in [1.807, 2.05) is 30.3 Å². The largest absolute Gasteiger partial charge is 0.422 e. The maximum Gasteiger partial charge on any atom is 0.422 e. The van der Waals surface area contributed by atoms with Crippen molar-refractivity contribution in [2.24, 2.45) is 0 Å². The summed E-state index contributed by atoms with van der Waals surface area (Å²) in [5.74, 6) is -0.686. The molecule has 1 heterocycles. The molecule has 0 unspecified atom stereocenters. The summed E-state index contributed by atoms with van der Waals surface area (Å²) in [6, 6.07) is 14.2. The van der Waals surface area contributed by atoms with Crippen molar-refractivity contribution in [3.05, 3.63) is 80.1 Å². The van der Waals surface area contributed by atoms with Crippen molar-refractivity contribution in [2.45, 2.75) is 6.54 Å². The van der Waals surface area contributed by atoms with Crippen LogP contribution >= 0.6 is 11.6 Å². The van der Waals surface area contributed by atoms with Crippen molar-refractivity contribution < 1.29 is 4.42 Å². The first kappa shape index (κ1) is 12.7. The Morgan fingerprint density at radius 1 is 1.05 bits per heavy atom. The fourth-order valence-corrected chi connectivity index (χ4v) is 2.27. The van der Waals surface area contributed by atoms with Crippen molar-refractivity contribution in [3.63, 3.8) is 0 Å². The third-order valence-electron chi connectivity index (χ3n) is 3.05. The summed E-state index contributed by atoms with van der Waals surface area (Å²) in [6.45, 7) is 0.320. The molecule has 1 aromatic heterocycles. The number of benzene rings is 2. The van der Waals surface area contributed by atoms with Crippen molar-refractivity contribution in [1.82, 2.24) is 4.57 Å². The van der Waals surface area contributed by atoms with Gasteiger partial charge in [0.15, 0.2) is 0 Å². The van der Waals surface area contributed by atoms with E-state index in [4.69, 9.17) is 16.0 Å². The second-order valence-electron chi connectivity index (χ2n) is 4.39. The molecule has 0 saturated heterocycles. The number of halogens is 1. The highest BCUT2D eigenvalue weighted by Crippen LogP contribution is 2.16. The zero-order chi connectivity index (χ0) is 14.1. The van der Waals surface area contributed by atoms with E-state index in [1.165, 1.54) is 4.57 Å². The van der Waals surface area contributed by atoms with Gasteiger partial charge in [0.05, 0.1) is 17.4 Å². The van der Waals surface area contributed by atoms with Gasteiger partial charge >= 0.3 is 11.4 Å². The van der Waals surface area contributed by atoms with Crippen LogP contribution in [-0.2, 0) is 6.54 Å². The highest BCUT2D eigenvalue weighted by Gasteiger charge is 2.10. The Morgan fingerprint density at radius 3 is 2.55 bits per heavy atom. The van der Waals surface area contributed by atoms with E-state index in [2.05, 4.69) is 0 Å². The molecule has 0 spiro atoms. The molecular formula is C15H10ClNO3. The lowest BCUT2D eigenvalue weighted by Crippen LogP contribution is -2.25. The van der Waals surface area contributed by atoms with Crippen molar-refractivity contribution in [1.29, 1.82) is 0 Å². The van der Waals surface area contributed by atoms with Crippen LogP contribution in [0.15, 0.2) is 62.5 Å². The zero-order valence-corrected chi connectivity index (χ0v) is 11.1. The highest BCUT2D eigenvalue weighted by molar-refractivity contribution is 6.31. The number of nitrogens with zero attached hydrogens (tertiary/aromatic N) is 1. The van der Waals surface area contributed by atoms with Crippen LogP contribution in [0.25, 0.3) is 10.9 Å². The highest BCUT2D eigenvalue weighted by atomic mass is 35.5. The van der Waals surface area contributed by atoms with Gasteiger partial charge in [-0.15, -0.1) is 0 Å². The predicted octanol–water partition coefficient (Wildman–Crippen LogP) is 2.66. The molecule has 0 atom stereocenters. The molecule has 0 aliphatic carbocycles. The van der Waals surface area contributed by atoms with Crippen LogP contribution in [0.5, 0.6) is 0 Å². The molecule has 4 nitrogen and oxygen atoms in total. The Hall–Kier alpha value is -2.33. The van der Waals surface area contributed by atoms with Gasteiger partial charge in [-0.25, -0.2) is 9.59 Å². The minimum atomic E-state index is -0.686. The molecular weight excluding hydrogens is 278 g/mol. The molecule has 0 aliphatic rings. The molecule has 3 rings (SSSR count). The van der Waals surface area contributed by atoms with Gasteiger partial charge in [0, 0.05) is 5.02 Å². The second kappa shape index (κ2) is 4.98. The van der Waals surface area contributed by atoms with Crippen LogP contribution in [0, 0.1) is 0 Å². The summed E-state index contributed by atoms with van der Waals surface area (Å²) < 4.78 is 6.14. The number of aromatic nitrogens is 1. The summed E-state index contributed by atoms with van der Waals surface area (Å²) in [5, 5.41) is 0.800. The molecule has 0 radical (unpaired) electrons. The molecule has 5 heteroatoms. The predicted molar refractivity (Wildman–Crippen MR) is 77.3 cm³/mol. The van der Waals surface area contributed by atoms with Gasteiger partial charge in [-0.2, -0.15) is 0 Å². The molecule has 0 bridgehead atoms. The van der Waals surface area contributed by atoms with Crippen molar-refractivity contribution >= 4 is 22.5 Å². The number of hydrogen-bond donors (Lipinski definition) is 0. The van der Waals surface area contributed by atoms with Gasteiger partial charge in [0.25, 0.3) is 0 Å². The van der Waals surface area contributed by atoms with Gasteiger partial charge in [-0.1, -0.05) is 41.9 Å². The van der Waals surface area contributed by atoms with Gasteiger partial charge in [0.2, 0.25) is 0 Å². The fraction of sp³-hybridized carbons (Fsp3) is 0.0667. The van der Waals surface area contributed by atoms with E-state index < -0.39 is 11.4 Å². The minimum absolute atomic E-state index is 0.320. The molecule has 3 aromatic rings. The van der Waals surface area contributed by atoms with Crippen LogP contribution < -0.4 is 11.4 Å². The van der Waals surface area contributed by atoms with E-state index in [1.54, 1.807) is 18.2 Å². The number of fused-ring (bicyclic) bond motifs is 1. The first-order valence-electron chi connectivity index (χ1n) is 6.02. The Morgan fingerprint density at radius 2 is 1.80 bits per heavy atom. The minimum Gasteiger partial charge on any atom is -0.372 e. The molecule has 20 heavy (non-hydrogen) atoms. The first-order chi connectivity index (χ1) is 9.65. The summed E-state index contributed by atoms with van der Waals surface area (Å²) in [7, 11) is 0. The number of hydrogen-bond acceptors (Lipinski definition) is 3. The summed E-state index contributed by atoms with van der Waals surface area (Å²) in [4.78, 5) is 23.6. The topological polar surface area (TPSA) is 52.2 Å². The second-order valence-corrected chi connectivity index (χ2v) is 4.83. The smallest absolute Gasteiger partial charge is 0.372 e. The quantitative estimate of drug-likeness (QED) is 0.728. The van der Waals surface area contributed by atoms with E-state index >= 15 is 0 Å². The molecule has 0 fully saturated rings. The van der Waals surface area contributed by atoms with Gasteiger partial charge in [-0.3, -0.25) is 4.57 Å². The van der Waals surface area contributed by atoms with E-state index in [0.29, 0.717) is 22.5 Å². The molecule has 2 aromatic carbocycles. The zero-order valence-electron chi connectivity index (χ0n) is 10.4. The number of rotatable bonds is 2. The maximum atomic E-state index is 11.9. The normalized spacial score (nSPS) is 10.8. The third-order valence-corrected chi connectivity index (χ3v) is 3.29. The molecule has 100 valence electrons. The molecule has 0 aliphatic heterocycles. The fourth-order valence-electron chi connectivity index (χ4n) is 2.10. The third kappa shape index (κ3) is 2.26. The lowest BCUT2D eigenvalue weighted by Gasteiger charge is -2.08. The van der Waals surface area contributed by atoms with Crippen molar-refractivity contribution in [3.8, 4) is 0 Å². The lowest BCUT2D eigenvalue weighted by molar-refractivity contribution is 0.425. The average Bonchev–Trinajstić information content (AvgIpc) is 2.44. The lowest BCUT2D eigenvalue weighted by atomic mass is 10.2. The summed E-state index contributed by atoms with van der Waals surface area (Å²) in [6.07, 6.45) is 0. The molecule has 0 N–H and O–H groups in total. The maximum absolute atomic E-state index is 11.9. The first-order valence-corrected chi connectivity index (χ1v) is 6.40. The monoisotopic (exact) mass is 287 g/mol. The van der Waals surface area contributed by atoms with Crippen LogP contribution in [0.1, 0.15) is 5.56 Å². The average molecular weight is 288 g/mol. The molecule has 0 amide bonds. The Kier molecular flexibility index (Phi) is 3.16. The van der Waals surface area contributed by atoms with Crippen LogP contribution in [0.3, 0.4) is 0 Å². The van der Waals surface area contributed by atoms with Gasteiger partial charge < -0.3 is 4.42 Å². The van der Waals surface area contributed by atoms with Crippen LogP contribution in [0.4, 0.5) is 0 Å². The van der Waals surface area contributed by atoms with E-state index in [9.17, 15) is 9.59 Å². The Balaban J connectivity index is 2.27. The van der Waals surface area contributed by atoms with E-state index in [0.717, 1.165) is 5.56 Å². The summed E-state index contributed by atoms with van der Waals surface area (Å²) >= 11 is 5.95. The molecule has 0 saturated carbocycles. The van der Waals surface area contributed by atoms with Crippen molar-refractivity contribution in [2.75, 3.05) is 0 Å². The summed E-state index contributed by atoms with van der Waals surface area (Å²) in [5.41, 5.74) is 0.762. The van der Waals surface area contributed by atoms with Gasteiger partial charge in [0.1, 0.15) is 0 Å². The van der Waals surface area contributed by atoms with Crippen LogP contribution in [0.2, 0.25) is 5.02 Å². The SMILES string of the molecule is O=c1oc(=O)n(Cc2ccccc2)c2cc(Cl)ccc12. The standard InChI is InChI=1S/C15H10ClNO3/c16-11-6-7-12-13(8-11)17(15(19)20-14(12)18)9-10-4-2-1-3-5-10/h1-8H,9H2. The van der Waals surface area contributed by atoms with Crippen LogP contribution in [-0.4, -0.2) is 4.57 Å². The van der Waals surface area contributed by atoms with E-state index in [-0.39, 0.29) is 0 Å². The Labute approximate surface area is 118 Å².